The van der Waals surface area contributed by atoms with E-state index in [1.54, 1.807) is 12.4 Å². The van der Waals surface area contributed by atoms with E-state index in [2.05, 4.69) is 25.3 Å². The average Bonchev–Trinajstić information content (AvgIpc) is 2.95. The molecule has 19 heavy (non-hydrogen) atoms. The Morgan fingerprint density at radius 2 is 2.37 bits per heavy atom. The van der Waals surface area contributed by atoms with E-state index >= 15 is 0 Å². The van der Waals surface area contributed by atoms with Crippen molar-refractivity contribution in [2.75, 3.05) is 13.1 Å². The minimum Gasteiger partial charge on any atom is -0.382 e. The second-order valence-corrected chi connectivity index (χ2v) is 5.02. The van der Waals surface area contributed by atoms with Gasteiger partial charge in [-0.1, -0.05) is 6.07 Å². The molecule has 6 heteroatoms. The predicted molar refractivity (Wildman–Crippen MR) is 69.0 cm³/mol. The molecule has 0 saturated carbocycles. The number of aliphatic hydroxyl groups is 1. The molecule has 0 bridgehead atoms. The molecule has 3 heterocycles. The van der Waals surface area contributed by atoms with Gasteiger partial charge in [0, 0.05) is 19.3 Å². The molecular weight excluding hydrogens is 242 g/mol. The Morgan fingerprint density at radius 3 is 3.11 bits per heavy atom. The Morgan fingerprint density at radius 1 is 1.42 bits per heavy atom. The predicted octanol–water partition coefficient (Wildman–Crippen LogP) is 0.683. The smallest absolute Gasteiger partial charge is 0.123 e. The number of likely N-dealkylation sites (tertiary alicyclic amines) is 1. The number of nitrogens with one attached hydrogen (secondary N) is 1. The van der Waals surface area contributed by atoms with Crippen LogP contribution in [0.4, 0.5) is 0 Å². The monoisotopic (exact) mass is 259 g/mol. The first-order valence-corrected chi connectivity index (χ1v) is 6.47. The van der Waals surface area contributed by atoms with Crippen LogP contribution >= 0.6 is 0 Å². The van der Waals surface area contributed by atoms with Gasteiger partial charge in [-0.25, -0.2) is 0 Å². The molecule has 0 aromatic carbocycles. The van der Waals surface area contributed by atoms with Gasteiger partial charge in [0.05, 0.1) is 11.9 Å². The average molecular weight is 259 g/mol. The van der Waals surface area contributed by atoms with Gasteiger partial charge in [0.2, 0.25) is 0 Å². The number of hydrogen-bond donors (Lipinski definition) is 2. The van der Waals surface area contributed by atoms with Crippen molar-refractivity contribution < 1.29 is 5.11 Å². The van der Waals surface area contributed by atoms with E-state index in [9.17, 15) is 5.11 Å². The van der Waals surface area contributed by atoms with E-state index in [1.807, 2.05) is 18.2 Å². The van der Waals surface area contributed by atoms with E-state index in [0.29, 0.717) is 12.2 Å². The van der Waals surface area contributed by atoms with Crippen LogP contribution in [0.25, 0.3) is 0 Å². The molecule has 0 unspecified atom stereocenters. The van der Waals surface area contributed by atoms with Crippen molar-refractivity contribution in [2.24, 2.45) is 0 Å². The molecule has 1 aliphatic heterocycles. The summed E-state index contributed by atoms with van der Waals surface area (Å²) in [6.07, 6.45) is 5.06. The lowest BCUT2D eigenvalue weighted by Gasteiger charge is -2.37. The highest BCUT2D eigenvalue weighted by Gasteiger charge is 2.37. The van der Waals surface area contributed by atoms with Gasteiger partial charge >= 0.3 is 0 Å². The van der Waals surface area contributed by atoms with Crippen molar-refractivity contribution in [1.29, 1.82) is 0 Å². The Labute approximate surface area is 111 Å². The van der Waals surface area contributed by atoms with Gasteiger partial charge in [-0.3, -0.25) is 9.88 Å². The molecule has 0 amide bonds. The lowest BCUT2D eigenvalue weighted by atomic mass is 9.90. The summed E-state index contributed by atoms with van der Waals surface area (Å²) in [5, 5.41) is 21.1. The van der Waals surface area contributed by atoms with Crippen LogP contribution in [-0.2, 0) is 12.1 Å². The highest BCUT2D eigenvalue weighted by atomic mass is 16.3. The molecule has 2 N–H and O–H groups in total. The lowest BCUT2D eigenvalue weighted by molar-refractivity contribution is -0.0417. The van der Waals surface area contributed by atoms with Crippen LogP contribution in [0.1, 0.15) is 24.2 Å². The minimum atomic E-state index is -0.903. The Kier molecular flexibility index (Phi) is 3.27. The number of H-pyrrole nitrogens is 1. The number of hydrogen-bond acceptors (Lipinski definition) is 5. The second-order valence-electron chi connectivity index (χ2n) is 5.02. The van der Waals surface area contributed by atoms with Crippen molar-refractivity contribution in [3.8, 4) is 0 Å². The normalized spacial score (nSPS) is 24.5. The van der Waals surface area contributed by atoms with Crippen molar-refractivity contribution >= 4 is 0 Å². The molecule has 100 valence electrons. The zero-order valence-electron chi connectivity index (χ0n) is 10.7. The maximum Gasteiger partial charge on any atom is 0.123 e. The van der Waals surface area contributed by atoms with Gasteiger partial charge in [0.15, 0.2) is 0 Å². The first-order valence-electron chi connectivity index (χ1n) is 6.47. The van der Waals surface area contributed by atoms with Gasteiger partial charge in [0.25, 0.3) is 0 Å². The summed E-state index contributed by atoms with van der Waals surface area (Å²) in [5.74, 6) is 0. The molecule has 2 aromatic heterocycles. The number of piperidine rings is 1. The molecule has 1 atom stereocenters. The first-order chi connectivity index (χ1) is 9.26. The molecule has 2 aromatic rings. The summed E-state index contributed by atoms with van der Waals surface area (Å²) < 4.78 is 0. The maximum absolute atomic E-state index is 10.7. The van der Waals surface area contributed by atoms with Gasteiger partial charge in [-0.05, 0) is 31.5 Å². The summed E-state index contributed by atoms with van der Waals surface area (Å²) in [7, 11) is 0. The molecule has 0 aliphatic carbocycles. The molecule has 1 saturated heterocycles. The summed E-state index contributed by atoms with van der Waals surface area (Å²) in [6.45, 7) is 2.29. The second kappa shape index (κ2) is 5.07. The Bertz CT molecular complexity index is 515. The molecule has 1 fully saturated rings. The number of aromatic amines is 1. The summed E-state index contributed by atoms with van der Waals surface area (Å²) >= 11 is 0. The first kappa shape index (κ1) is 12.3. The number of nitrogens with zero attached hydrogens (tertiary/aromatic N) is 4. The molecule has 0 radical (unpaired) electrons. The van der Waals surface area contributed by atoms with Gasteiger partial charge in [0.1, 0.15) is 11.3 Å². The van der Waals surface area contributed by atoms with E-state index in [-0.39, 0.29) is 0 Å². The number of aromatic nitrogens is 4. The zero-order chi connectivity index (χ0) is 13.1. The van der Waals surface area contributed by atoms with Gasteiger partial charge < -0.3 is 5.11 Å². The Hall–Kier alpha value is -1.79. The zero-order valence-corrected chi connectivity index (χ0v) is 10.7. The molecule has 6 nitrogen and oxygen atoms in total. The topological polar surface area (TPSA) is 77.9 Å². The highest BCUT2D eigenvalue weighted by molar-refractivity contribution is 5.10. The van der Waals surface area contributed by atoms with Crippen LogP contribution in [0.2, 0.25) is 0 Å². The van der Waals surface area contributed by atoms with Crippen LogP contribution in [0, 0.1) is 0 Å². The lowest BCUT2D eigenvalue weighted by Crippen LogP contribution is -2.46. The quantitative estimate of drug-likeness (QED) is 0.847. The molecule has 3 rings (SSSR count). The van der Waals surface area contributed by atoms with E-state index in [4.69, 9.17) is 0 Å². The SMILES string of the molecule is O[C@]1(c2cn[nH]n2)CCCN(Cc2ccccn2)C1. The fourth-order valence-corrected chi connectivity index (χ4v) is 2.61. The highest BCUT2D eigenvalue weighted by Crippen LogP contribution is 2.30. The van der Waals surface area contributed by atoms with Gasteiger partial charge in [-0.15, -0.1) is 0 Å². The van der Waals surface area contributed by atoms with Crippen molar-refractivity contribution in [3.63, 3.8) is 0 Å². The third kappa shape index (κ3) is 2.64. The van der Waals surface area contributed by atoms with Crippen LogP contribution in [0.3, 0.4) is 0 Å². The van der Waals surface area contributed by atoms with Crippen LogP contribution < -0.4 is 0 Å². The third-order valence-corrected chi connectivity index (χ3v) is 3.55. The van der Waals surface area contributed by atoms with Crippen molar-refractivity contribution in [1.82, 2.24) is 25.3 Å². The van der Waals surface area contributed by atoms with Crippen molar-refractivity contribution in [3.05, 3.63) is 42.0 Å². The van der Waals surface area contributed by atoms with Crippen LogP contribution in [0.5, 0.6) is 0 Å². The summed E-state index contributed by atoms with van der Waals surface area (Å²) in [4.78, 5) is 6.53. The largest absolute Gasteiger partial charge is 0.382 e. The van der Waals surface area contributed by atoms with Gasteiger partial charge in [-0.2, -0.15) is 15.4 Å². The third-order valence-electron chi connectivity index (χ3n) is 3.55. The van der Waals surface area contributed by atoms with E-state index < -0.39 is 5.60 Å². The summed E-state index contributed by atoms with van der Waals surface area (Å²) in [5.41, 5.74) is 0.741. The number of β-amino-alcohol motifs (C(OH)–C–C–N with tert-alkyl or cyclic N) is 1. The fraction of sp³-hybridized carbons (Fsp3) is 0.462. The van der Waals surface area contributed by atoms with Crippen LogP contribution in [0.15, 0.2) is 30.6 Å². The summed E-state index contributed by atoms with van der Waals surface area (Å²) in [6, 6.07) is 5.89. The number of rotatable bonds is 3. The van der Waals surface area contributed by atoms with Crippen LogP contribution in [-0.4, -0.2) is 43.5 Å². The fourth-order valence-electron chi connectivity index (χ4n) is 2.61. The Balaban J connectivity index is 1.72. The minimum absolute atomic E-state index is 0.566. The van der Waals surface area contributed by atoms with Crippen molar-refractivity contribution in [2.45, 2.75) is 25.0 Å². The van der Waals surface area contributed by atoms with E-state index in [1.165, 1.54) is 0 Å². The molecule has 0 spiro atoms. The number of pyridine rings is 1. The maximum atomic E-state index is 10.7. The standard InChI is InChI=1S/C13H17N5O/c19-13(12-8-15-17-16-12)5-3-7-18(10-13)9-11-4-1-2-6-14-11/h1-2,4,6,8,19H,3,5,7,9-10H2,(H,15,16,17)/t13-/m1/s1. The molecule has 1 aliphatic rings. The molecular formula is C13H17N5O. The van der Waals surface area contributed by atoms with E-state index in [0.717, 1.165) is 31.6 Å².